The molecule has 1 fully saturated rings. The van der Waals surface area contributed by atoms with E-state index in [1.54, 1.807) is 18.5 Å². The number of hydrogen-bond donors (Lipinski definition) is 7. The van der Waals surface area contributed by atoms with Gasteiger partial charge in [-0.15, -0.1) is 11.8 Å². The number of aliphatic carboxylic acids is 1. The number of aromatic amines is 1. The van der Waals surface area contributed by atoms with Crippen molar-refractivity contribution in [2.75, 3.05) is 23.8 Å². The molecule has 0 aliphatic carbocycles. The molecule has 3 atom stereocenters. The second kappa shape index (κ2) is 14.9. The van der Waals surface area contributed by atoms with Gasteiger partial charge < -0.3 is 37.4 Å². The summed E-state index contributed by atoms with van der Waals surface area (Å²) in [7, 11) is 0. The average molecular weight is 706 g/mol. The van der Waals surface area contributed by atoms with E-state index in [2.05, 4.69) is 40.1 Å². The Hall–Kier alpha value is -4.18. The Morgan fingerprint density at radius 1 is 1.33 bits per heavy atom. The van der Waals surface area contributed by atoms with Gasteiger partial charge in [-0.05, 0) is 12.1 Å². The minimum Gasteiger partial charge on any atom is -0.477 e. The number of fused-ring (bicyclic) bond motifs is 1. The highest BCUT2D eigenvalue weighted by Crippen LogP contribution is 2.45. The lowest BCUT2D eigenvalue weighted by molar-refractivity contribution is -0.150. The number of aromatic nitrogens is 5. The normalized spacial score (nSPS) is 18.5. The topological polar surface area (TPSA) is 268 Å². The van der Waals surface area contributed by atoms with Crippen LogP contribution in [0.4, 0.5) is 5.13 Å². The van der Waals surface area contributed by atoms with Gasteiger partial charge in [0, 0.05) is 69.6 Å². The van der Waals surface area contributed by atoms with Gasteiger partial charge >= 0.3 is 5.97 Å². The van der Waals surface area contributed by atoms with Gasteiger partial charge in [0.2, 0.25) is 17.4 Å². The standard InChI is InChI=1S/C25H27N11O6S4/c26-12(6-11-7-28-10-31-11)20(37)30-4-5-43-8-13-14(2-1-3-29-13)45-15-9-44-23-17(22(39)36(23)18(15)24(40)41)32-21(38)16(34-42)19-33-25(27)46-35-19/h1-3,7,10,12,17,23,42H,4-6,8-9,26H2,(H,28,31)(H,30,37)(H,32,38)(H,40,41)(H2,27,33,35)/b34-16-/t12-,17?,23?/m0/s1. The van der Waals surface area contributed by atoms with Crippen molar-refractivity contribution >= 4 is 81.4 Å². The van der Waals surface area contributed by atoms with Gasteiger partial charge in [0.15, 0.2) is 5.13 Å². The number of nitrogens with one attached hydrogen (secondary N) is 3. The summed E-state index contributed by atoms with van der Waals surface area (Å²) in [6.07, 6.45) is 5.13. The molecular weight excluding hydrogens is 679 g/mol. The molecule has 0 saturated carbocycles. The molecule has 3 aromatic rings. The predicted octanol–water partition coefficient (Wildman–Crippen LogP) is -0.175. The Morgan fingerprint density at radius 3 is 2.85 bits per heavy atom. The van der Waals surface area contributed by atoms with Crippen molar-refractivity contribution in [1.29, 1.82) is 0 Å². The highest BCUT2D eigenvalue weighted by molar-refractivity contribution is 8.06. The molecule has 9 N–H and O–H groups in total. The number of carboxylic acid groups (broad SMARTS) is 1. The minimum absolute atomic E-state index is 0.0565. The van der Waals surface area contributed by atoms with E-state index in [1.165, 1.54) is 41.6 Å². The molecule has 5 heterocycles. The maximum atomic E-state index is 13.1. The van der Waals surface area contributed by atoms with E-state index in [9.17, 15) is 29.5 Å². The van der Waals surface area contributed by atoms with Crippen LogP contribution in [0.5, 0.6) is 0 Å². The molecule has 2 unspecified atom stereocenters. The van der Waals surface area contributed by atoms with E-state index in [0.29, 0.717) is 29.4 Å². The molecule has 0 aromatic carbocycles. The number of oxime groups is 1. The summed E-state index contributed by atoms with van der Waals surface area (Å²) < 4.78 is 3.84. The maximum absolute atomic E-state index is 13.1. The monoisotopic (exact) mass is 705 g/mol. The zero-order chi connectivity index (χ0) is 32.8. The van der Waals surface area contributed by atoms with Gasteiger partial charge in [-0.3, -0.25) is 24.3 Å². The van der Waals surface area contributed by atoms with Gasteiger partial charge in [0.05, 0.1) is 18.1 Å². The second-order valence-electron chi connectivity index (χ2n) is 9.62. The van der Waals surface area contributed by atoms with Crippen molar-refractivity contribution < 1.29 is 29.5 Å². The Morgan fingerprint density at radius 2 is 2.15 bits per heavy atom. The Labute approximate surface area is 277 Å². The summed E-state index contributed by atoms with van der Waals surface area (Å²) in [4.78, 5) is 68.0. The van der Waals surface area contributed by atoms with Crippen molar-refractivity contribution in [2.45, 2.75) is 34.5 Å². The summed E-state index contributed by atoms with van der Waals surface area (Å²) in [6.45, 7) is 0.399. The fourth-order valence-electron chi connectivity index (χ4n) is 4.43. The van der Waals surface area contributed by atoms with E-state index in [0.717, 1.165) is 32.7 Å². The lowest BCUT2D eigenvalue weighted by Gasteiger charge is -2.49. The molecule has 0 bridgehead atoms. The number of amides is 3. The molecule has 2 aliphatic heterocycles. The number of H-pyrrole nitrogens is 1. The van der Waals surface area contributed by atoms with Crippen LogP contribution in [0, 0.1) is 0 Å². The molecule has 2 aliphatic rings. The van der Waals surface area contributed by atoms with E-state index >= 15 is 0 Å². The average Bonchev–Trinajstić information content (AvgIpc) is 3.72. The number of carbonyl (C=O) groups is 4. The molecule has 17 nitrogen and oxygen atoms in total. The molecule has 46 heavy (non-hydrogen) atoms. The zero-order valence-electron chi connectivity index (χ0n) is 23.7. The smallest absolute Gasteiger partial charge is 0.353 e. The number of nitrogens with zero attached hydrogens (tertiary/aromatic N) is 6. The van der Waals surface area contributed by atoms with Crippen LogP contribution in [0.2, 0.25) is 0 Å². The lowest BCUT2D eigenvalue weighted by Crippen LogP contribution is -2.71. The van der Waals surface area contributed by atoms with Gasteiger partial charge in [0.1, 0.15) is 17.1 Å². The summed E-state index contributed by atoms with van der Waals surface area (Å²) in [5.41, 5.74) is 12.3. The first-order chi connectivity index (χ1) is 22.2. The molecular formula is C25H27N11O6S4. The molecule has 0 spiro atoms. The summed E-state index contributed by atoms with van der Waals surface area (Å²) in [6, 6.07) is 1.80. The highest BCUT2D eigenvalue weighted by Gasteiger charge is 2.54. The Balaban J connectivity index is 1.17. The molecule has 3 aromatic heterocycles. The van der Waals surface area contributed by atoms with Crippen molar-refractivity contribution in [1.82, 2.24) is 39.8 Å². The largest absolute Gasteiger partial charge is 0.477 e. The van der Waals surface area contributed by atoms with E-state index in [4.69, 9.17) is 11.5 Å². The number of nitrogen functional groups attached to an aromatic ring is 1. The molecule has 242 valence electrons. The minimum atomic E-state index is -1.29. The quantitative estimate of drug-likeness (QED) is 0.0377. The van der Waals surface area contributed by atoms with Gasteiger partial charge in [-0.1, -0.05) is 16.9 Å². The number of imidazole rings is 1. The number of anilines is 1. The number of hydrogen-bond acceptors (Lipinski definition) is 16. The van der Waals surface area contributed by atoms with Crippen LogP contribution in [-0.4, -0.2) is 104 Å². The molecule has 0 radical (unpaired) electrons. The number of carbonyl (C=O) groups excluding carboxylic acids is 3. The third kappa shape index (κ3) is 7.44. The van der Waals surface area contributed by atoms with Crippen molar-refractivity contribution in [2.24, 2.45) is 10.9 Å². The number of β-lactam (4-membered cyclic amide) rings is 1. The number of thioether (sulfide) groups is 3. The fraction of sp³-hybridized carbons (Fsp3) is 0.320. The second-order valence-corrected chi connectivity index (χ2v) is 13.8. The third-order valence-corrected chi connectivity index (χ3v) is 10.7. The van der Waals surface area contributed by atoms with Gasteiger partial charge in [-0.25, -0.2) is 9.78 Å². The van der Waals surface area contributed by atoms with Gasteiger partial charge in [-0.2, -0.15) is 21.1 Å². The van der Waals surface area contributed by atoms with E-state index in [-0.39, 0.29) is 28.3 Å². The van der Waals surface area contributed by atoms with Crippen LogP contribution in [0.25, 0.3) is 0 Å². The van der Waals surface area contributed by atoms with Gasteiger partial charge in [0.25, 0.3) is 11.8 Å². The third-order valence-electron chi connectivity index (χ3n) is 6.59. The van der Waals surface area contributed by atoms with Crippen molar-refractivity contribution in [3.05, 3.63) is 58.7 Å². The van der Waals surface area contributed by atoms with Crippen LogP contribution in [0.3, 0.4) is 0 Å². The highest BCUT2D eigenvalue weighted by atomic mass is 32.2. The SMILES string of the molecule is Nc1nc(/C(=N/O)C(=O)NC2C(=O)N3C(C(=O)O)=C(Sc4cccnc4CSCCNC(=O)[C@@H](N)Cc4cnc[nH]4)CSC23)ns1. The first-order valence-electron chi connectivity index (χ1n) is 13.4. The van der Waals surface area contributed by atoms with Crippen LogP contribution in [0.1, 0.15) is 17.2 Å². The lowest BCUT2D eigenvalue weighted by atomic mass is 10.0. The Bertz CT molecular complexity index is 1680. The van der Waals surface area contributed by atoms with Crippen LogP contribution in [0.15, 0.2) is 51.5 Å². The van der Waals surface area contributed by atoms with Crippen LogP contribution >= 0.6 is 46.8 Å². The number of nitrogens with two attached hydrogens (primary N) is 2. The predicted molar refractivity (Wildman–Crippen MR) is 172 cm³/mol. The van der Waals surface area contributed by atoms with E-state index in [1.807, 2.05) is 6.07 Å². The molecule has 21 heteroatoms. The first-order valence-corrected chi connectivity index (χ1v) is 17.2. The fourth-order valence-corrected chi connectivity index (χ4v) is 8.34. The molecule has 5 rings (SSSR count). The summed E-state index contributed by atoms with van der Waals surface area (Å²) in [5, 5.41) is 27.0. The zero-order valence-corrected chi connectivity index (χ0v) is 26.9. The van der Waals surface area contributed by atoms with Crippen molar-refractivity contribution in [3.63, 3.8) is 0 Å². The van der Waals surface area contributed by atoms with Crippen LogP contribution < -0.4 is 22.1 Å². The summed E-state index contributed by atoms with van der Waals surface area (Å²) in [5.74, 6) is -1.95. The number of rotatable bonds is 14. The van der Waals surface area contributed by atoms with E-state index < -0.39 is 41.0 Å². The Kier molecular flexibility index (Phi) is 10.8. The number of pyridine rings is 1. The molecule has 1 saturated heterocycles. The maximum Gasteiger partial charge on any atom is 0.353 e. The first kappa shape index (κ1) is 33.2. The van der Waals surface area contributed by atoms with Crippen LogP contribution in [-0.2, 0) is 31.4 Å². The summed E-state index contributed by atoms with van der Waals surface area (Å²) >= 11 is 4.84. The van der Waals surface area contributed by atoms with Crippen molar-refractivity contribution in [3.8, 4) is 0 Å². The number of carboxylic acids is 1. The molecule has 3 amide bonds.